The first-order valence-corrected chi connectivity index (χ1v) is 18.9. The normalized spacial score (nSPS) is 20.6. The summed E-state index contributed by atoms with van der Waals surface area (Å²) in [5.41, 5.74) is 3.76. The lowest BCUT2D eigenvalue weighted by atomic mass is 9.75. The van der Waals surface area contributed by atoms with Gasteiger partial charge in [0.1, 0.15) is 5.69 Å². The standard InChI is InChI=1S/C40H55N5OS/c1-5-44(6-2)36(29-32-19-21-34(22-20-32)38(42(3)4)37-18-13-27-47-37)39-41-35(28-31-14-9-7-10-15-31)40(46-39)45-25-23-43(24-26-45)30-33-16-11-8-12-17-33/h7-18,27,32,34,36,38H,5-6,19-26,28-30H2,1-4H3. The highest BCUT2D eigenvalue weighted by Gasteiger charge is 2.35. The average Bonchev–Trinajstić information content (AvgIpc) is 3.78. The fourth-order valence-electron chi connectivity index (χ4n) is 8.10. The van der Waals surface area contributed by atoms with E-state index in [1.165, 1.54) is 41.7 Å². The molecule has 2 aromatic carbocycles. The van der Waals surface area contributed by atoms with Gasteiger partial charge in [-0.05, 0) is 80.9 Å². The maximum atomic E-state index is 6.96. The van der Waals surface area contributed by atoms with Crippen LogP contribution in [0.3, 0.4) is 0 Å². The van der Waals surface area contributed by atoms with E-state index in [1.807, 2.05) is 11.3 Å². The van der Waals surface area contributed by atoms with Gasteiger partial charge in [0.05, 0.1) is 6.04 Å². The van der Waals surface area contributed by atoms with Crippen LogP contribution in [0.2, 0.25) is 0 Å². The molecular formula is C40H55N5OS. The zero-order chi connectivity index (χ0) is 32.6. The average molecular weight is 654 g/mol. The van der Waals surface area contributed by atoms with Crippen molar-refractivity contribution in [2.24, 2.45) is 11.8 Å². The van der Waals surface area contributed by atoms with Gasteiger partial charge >= 0.3 is 0 Å². The summed E-state index contributed by atoms with van der Waals surface area (Å²) in [5.74, 6) is 3.33. The smallest absolute Gasteiger partial charge is 0.220 e. The lowest BCUT2D eigenvalue weighted by Gasteiger charge is -2.38. The largest absolute Gasteiger partial charge is 0.423 e. The Morgan fingerprint density at radius 1 is 0.830 bits per heavy atom. The van der Waals surface area contributed by atoms with E-state index in [2.05, 4.69) is 126 Å². The van der Waals surface area contributed by atoms with Crippen LogP contribution >= 0.6 is 11.3 Å². The molecule has 1 saturated heterocycles. The molecule has 4 aromatic rings. The number of piperazine rings is 1. The van der Waals surface area contributed by atoms with Crippen molar-refractivity contribution in [1.82, 2.24) is 19.7 Å². The second-order valence-corrected chi connectivity index (χ2v) is 14.9. The second-order valence-electron chi connectivity index (χ2n) is 13.9. The molecule has 6 nitrogen and oxygen atoms in total. The molecule has 0 spiro atoms. The minimum Gasteiger partial charge on any atom is -0.423 e. The molecule has 6 rings (SSSR count). The van der Waals surface area contributed by atoms with Crippen molar-refractivity contribution in [2.45, 2.75) is 71.0 Å². The molecule has 2 fully saturated rings. The van der Waals surface area contributed by atoms with E-state index in [9.17, 15) is 0 Å². The zero-order valence-corrected chi connectivity index (χ0v) is 29.9. The number of oxazole rings is 1. The third kappa shape index (κ3) is 8.55. The first-order valence-electron chi connectivity index (χ1n) is 18.0. The predicted octanol–water partition coefficient (Wildman–Crippen LogP) is 8.53. The number of thiophene rings is 1. The van der Waals surface area contributed by atoms with Crippen molar-refractivity contribution in [2.75, 3.05) is 58.3 Å². The molecule has 7 heteroatoms. The molecule has 1 aliphatic heterocycles. The number of rotatable bonds is 14. The summed E-state index contributed by atoms with van der Waals surface area (Å²) in [5, 5.41) is 2.23. The molecule has 1 aliphatic carbocycles. The summed E-state index contributed by atoms with van der Waals surface area (Å²) >= 11 is 1.91. The van der Waals surface area contributed by atoms with E-state index in [-0.39, 0.29) is 6.04 Å². The SMILES string of the molecule is CCN(CC)C(CC1CCC(C(c2cccs2)N(C)C)CC1)c1nc(Cc2ccccc2)c(N2CCN(Cc3ccccc3)CC2)o1. The molecule has 0 radical (unpaired) electrons. The van der Waals surface area contributed by atoms with Crippen molar-refractivity contribution in [3.8, 4) is 0 Å². The lowest BCUT2D eigenvalue weighted by molar-refractivity contribution is 0.113. The Balaban J connectivity index is 1.19. The van der Waals surface area contributed by atoms with Crippen LogP contribution in [0, 0.1) is 11.8 Å². The second kappa shape index (κ2) is 16.4. The molecule has 2 aromatic heterocycles. The molecule has 47 heavy (non-hydrogen) atoms. The van der Waals surface area contributed by atoms with E-state index in [4.69, 9.17) is 9.40 Å². The first-order chi connectivity index (χ1) is 23.0. The van der Waals surface area contributed by atoms with Crippen molar-refractivity contribution in [3.05, 3.63) is 106 Å². The molecule has 252 valence electrons. The van der Waals surface area contributed by atoms with Gasteiger partial charge in [-0.1, -0.05) is 93.4 Å². The highest BCUT2D eigenvalue weighted by Crippen LogP contribution is 2.44. The van der Waals surface area contributed by atoms with Gasteiger partial charge in [-0.15, -0.1) is 11.3 Å². The van der Waals surface area contributed by atoms with E-state index in [1.54, 1.807) is 0 Å². The molecule has 2 unspecified atom stereocenters. The van der Waals surface area contributed by atoms with Gasteiger partial charge in [-0.2, -0.15) is 0 Å². The number of aromatic nitrogens is 1. The fraction of sp³-hybridized carbons (Fsp3) is 0.525. The Morgan fingerprint density at radius 2 is 1.49 bits per heavy atom. The van der Waals surface area contributed by atoms with Gasteiger partial charge in [0, 0.05) is 50.1 Å². The van der Waals surface area contributed by atoms with E-state index in [0.717, 1.165) is 82.0 Å². The van der Waals surface area contributed by atoms with Gasteiger partial charge in [0.2, 0.25) is 11.8 Å². The highest BCUT2D eigenvalue weighted by molar-refractivity contribution is 7.10. The van der Waals surface area contributed by atoms with Crippen molar-refractivity contribution < 1.29 is 4.42 Å². The van der Waals surface area contributed by atoms with Crippen molar-refractivity contribution in [1.29, 1.82) is 0 Å². The Labute approximate surface area is 287 Å². The maximum Gasteiger partial charge on any atom is 0.220 e. The highest BCUT2D eigenvalue weighted by atomic mass is 32.1. The van der Waals surface area contributed by atoms with Gasteiger partial charge in [0.25, 0.3) is 0 Å². The van der Waals surface area contributed by atoms with Crippen molar-refractivity contribution >= 4 is 17.2 Å². The molecular weight excluding hydrogens is 599 g/mol. The predicted molar refractivity (Wildman–Crippen MR) is 196 cm³/mol. The molecule has 3 heterocycles. The topological polar surface area (TPSA) is 39.0 Å². The summed E-state index contributed by atoms with van der Waals surface area (Å²) in [6.07, 6.45) is 7.07. The Hall–Kier alpha value is -2.97. The van der Waals surface area contributed by atoms with E-state index in [0.29, 0.717) is 12.0 Å². The van der Waals surface area contributed by atoms with Gasteiger partial charge in [0.15, 0.2) is 0 Å². The van der Waals surface area contributed by atoms with E-state index >= 15 is 0 Å². The molecule has 0 bridgehead atoms. The van der Waals surface area contributed by atoms with E-state index < -0.39 is 0 Å². The third-order valence-electron chi connectivity index (χ3n) is 10.6. The maximum absolute atomic E-state index is 6.96. The van der Waals surface area contributed by atoms with Crippen molar-refractivity contribution in [3.63, 3.8) is 0 Å². The lowest BCUT2D eigenvalue weighted by Crippen LogP contribution is -2.46. The van der Waals surface area contributed by atoms with Crippen LogP contribution in [0.15, 0.2) is 82.6 Å². The number of anilines is 1. The zero-order valence-electron chi connectivity index (χ0n) is 29.1. The molecule has 2 atom stereocenters. The fourth-order valence-corrected chi connectivity index (χ4v) is 9.11. The summed E-state index contributed by atoms with van der Waals surface area (Å²) in [6.45, 7) is 11.6. The van der Waals surface area contributed by atoms with Crippen LogP contribution < -0.4 is 4.90 Å². The summed E-state index contributed by atoms with van der Waals surface area (Å²) in [7, 11) is 4.51. The molecule has 0 N–H and O–H groups in total. The van der Waals surface area contributed by atoms with Crippen LogP contribution in [0.4, 0.5) is 5.88 Å². The number of hydrogen-bond donors (Lipinski definition) is 0. The van der Waals surface area contributed by atoms with Gasteiger partial charge < -0.3 is 14.2 Å². The Bertz CT molecular complexity index is 1450. The van der Waals surface area contributed by atoms with Crippen LogP contribution in [0.1, 0.15) is 85.6 Å². The number of nitrogens with zero attached hydrogens (tertiary/aromatic N) is 5. The van der Waals surface area contributed by atoms with Crippen LogP contribution in [0.5, 0.6) is 0 Å². The summed E-state index contributed by atoms with van der Waals surface area (Å²) < 4.78 is 6.96. The Morgan fingerprint density at radius 3 is 2.09 bits per heavy atom. The Kier molecular flexibility index (Phi) is 11.9. The quantitative estimate of drug-likeness (QED) is 0.136. The minimum absolute atomic E-state index is 0.205. The first kappa shape index (κ1) is 33.9. The summed E-state index contributed by atoms with van der Waals surface area (Å²) in [6, 6.07) is 26.9. The molecule has 0 amide bonds. The molecule has 2 aliphatic rings. The molecule has 1 saturated carbocycles. The number of benzene rings is 2. The third-order valence-corrected chi connectivity index (χ3v) is 11.6. The van der Waals surface area contributed by atoms with Crippen LogP contribution in [-0.2, 0) is 13.0 Å². The van der Waals surface area contributed by atoms with Crippen LogP contribution in [0.25, 0.3) is 0 Å². The van der Waals surface area contributed by atoms with Gasteiger partial charge in [-0.25, -0.2) is 4.98 Å². The summed E-state index contributed by atoms with van der Waals surface area (Å²) in [4.78, 5) is 17.0. The number of hydrogen-bond acceptors (Lipinski definition) is 7. The van der Waals surface area contributed by atoms with Crippen LogP contribution in [-0.4, -0.2) is 73.0 Å². The monoisotopic (exact) mass is 653 g/mol. The minimum atomic E-state index is 0.205. The van der Waals surface area contributed by atoms with Gasteiger partial charge in [-0.3, -0.25) is 9.80 Å².